The molecule has 17 heavy (non-hydrogen) atoms. The Hall–Kier alpha value is -2.17. The minimum Gasteiger partial charge on any atom is -0.475 e. The Balaban J connectivity index is 2.48. The summed E-state index contributed by atoms with van der Waals surface area (Å²) in [5.41, 5.74) is 0.771. The fraction of sp³-hybridized carbons (Fsp3) is 0.250. The lowest BCUT2D eigenvalue weighted by Crippen LogP contribution is -2.26. The van der Waals surface area contributed by atoms with Crippen LogP contribution in [-0.2, 0) is 4.79 Å². The molecule has 0 spiro atoms. The molecule has 88 valence electrons. The molecule has 1 N–H and O–H groups in total. The molecule has 0 saturated heterocycles. The Morgan fingerprint density at radius 3 is 2.65 bits per heavy atom. The van der Waals surface area contributed by atoms with Gasteiger partial charge in [-0.25, -0.2) is 4.79 Å². The van der Waals surface area contributed by atoms with Gasteiger partial charge < -0.3 is 10.0 Å². The smallest absolute Gasteiger partial charge is 0.377 e. The Bertz CT molecular complexity index is 508. The third kappa shape index (κ3) is 2.04. The molecule has 1 aliphatic heterocycles. The van der Waals surface area contributed by atoms with Crippen molar-refractivity contribution in [3.05, 3.63) is 35.4 Å². The lowest BCUT2D eigenvalue weighted by Gasteiger charge is -2.15. The number of aliphatic imine (C=N–C) groups is 1. The number of ketones is 1. The van der Waals surface area contributed by atoms with Crippen molar-refractivity contribution in [2.24, 2.45) is 4.99 Å². The zero-order valence-corrected chi connectivity index (χ0v) is 9.38. The van der Waals surface area contributed by atoms with Gasteiger partial charge in [-0.1, -0.05) is 24.3 Å². The topological polar surface area (TPSA) is 70.0 Å². The van der Waals surface area contributed by atoms with E-state index in [1.807, 2.05) is 11.9 Å². The molecule has 0 bridgehead atoms. The van der Waals surface area contributed by atoms with Gasteiger partial charge in [0.05, 0.1) is 6.54 Å². The number of carbonyl (C=O) groups is 2. The molecule has 0 amide bonds. The van der Waals surface area contributed by atoms with Gasteiger partial charge in [0.1, 0.15) is 5.84 Å². The summed E-state index contributed by atoms with van der Waals surface area (Å²) in [7, 11) is 1.87. The number of hydrogen-bond donors (Lipinski definition) is 1. The molecule has 1 heterocycles. The fourth-order valence-electron chi connectivity index (χ4n) is 1.81. The van der Waals surface area contributed by atoms with Gasteiger partial charge in [0, 0.05) is 24.7 Å². The number of benzene rings is 1. The molecule has 5 heteroatoms. The van der Waals surface area contributed by atoms with E-state index in [1.165, 1.54) is 6.07 Å². The first kappa shape index (κ1) is 11.3. The van der Waals surface area contributed by atoms with Crippen molar-refractivity contribution in [1.82, 2.24) is 4.90 Å². The Kier molecular flexibility index (Phi) is 2.91. The molecule has 0 fully saturated rings. The third-order valence-electron chi connectivity index (χ3n) is 2.67. The summed E-state index contributed by atoms with van der Waals surface area (Å²) >= 11 is 0. The molecular weight excluding hydrogens is 220 g/mol. The van der Waals surface area contributed by atoms with Crippen molar-refractivity contribution < 1.29 is 14.7 Å². The van der Waals surface area contributed by atoms with Crippen LogP contribution in [0.4, 0.5) is 0 Å². The monoisotopic (exact) mass is 232 g/mol. The molecule has 0 radical (unpaired) electrons. The molecule has 0 aliphatic carbocycles. The van der Waals surface area contributed by atoms with Crippen LogP contribution in [0.15, 0.2) is 29.3 Å². The van der Waals surface area contributed by atoms with Gasteiger partial charge in [-0.05, 0) is 0 Å². The van der Waals surface area contributed by atoms with Crippen molar-refractivity contribution in [1.29, 1.82) is 0 Å². The second kappa shape index (κ2) is 4.37. The van der Waals surface area contributed by atoms with E-state index >= 15 is 0 Å². The Morgan fingerprint density at radius 1 is 1.35 bits per heavy atom. The Labute approximate surface area is 98.4 Å². The van der Waals surface area contributed by atoms with Crippen molar-refractivity contribution in [3.63, 3.8) is 0 Å². The molecule has 0 unspecified atom stereocenters. The molecule has 0 atom stereocenters. The lowest BCUT2D eigenvalue weighted by atomic mass is 10.0. The first-order valence-corrected chi connectivity index (χ1v) is 5.24. The zero-order chi connectivity index (χ0) is 12.4. The number of carboxylic acids is 1. The molecule has 2 rings (SSSR count). The summed E-state index contributed by atoms with van der Waals surface area (Å²) in [6.45, 7) is 1.45. The normalized spacial score (nSPS) is 14.6. The van der Waals surface area contributed by atoms with Gasteiger partial charge in [-0.15, -0.1) is 0 Å². The number of amidine groups is 1. The van der Waals surface area contributed by atoms with E-state index < -0.39 is 11.8 Å². The second-order valence-corrected chi connectivity index (χ2v) is 3.81. The molecule has 0 aromatic heterocycles. The average molecular weight is 232 g/mol. The summed E-state index contributed by atoms with van der Waals surface area (Å²) < 4.78 is 0. The summed E-state index contributed by atoms with van der Waals surface area (Å²) in [6, 6.07) is 6.65. The lowest BCUT2D eigenvalue weighted by molar-refractivity contribution is -0.131. The zero-order valence-electron chi connectivity index (χ0n) is 9.38. The number of hydrogen-bond acceptors (Lipinski definition) is 4. The van der Waals surface area contributed by atoms with E-state index in [1.54, 1.807) is 18.2 Å². The highest BCUT2D eigenvalue weighted by molar-refractivity contribution is 6.41. The number of aliphatic carboxylic acids is 1. The first-order valence-electron chi connectivity index (χ1n) is 5.24. The van der Waals surface area contributed by atoms with Crippen LogP contribution in [0.25, 0.3) is 0 Å². The van der Waals surface area contributed by atoms with Crippen molar-refractivity contribution >= 4 is 17.6 Å². The van der Waals surface area contributed by atoms with Crippen molar-refractivity contribution in [2.45, 2.75) is 0 Å². The number of Topliss-reactive ketones (excluding diaryl/α,β-unsaturated/α-hetero) is 1. The van der Waals surface area contributed by atoms with E-state index in [0.29, 0.717) is 17.9 Å². The van der Waals surface area contributed by atoms with E-state index in [2.05, 4.69) is 4.99 Å². The van der Waals surface area contributed by atoms with Crippen molar-refractivity contribution in [3.8, 4) is 0 Å². The predicted molar refractivity (Wildman–Crippen MR) is 62.4 cm³/mol. The van der Waals surface area contributed by atoms with E-state index in [0.717, 1.165) is 6.54 Å². The number of nitrogens with zero attached hydrogens (tertiary/aromatic N) is 2. The number of carbonyl (C=O) groups excluding carboxylic acids is 1. The largest absolute Gasteiger partial charge is 0.475 e. The van der Waals surface area contributed by atoms with Gasteiger partial charge in [0.15, 0.2) is 0 Å². The van der Waals surface area contributed by atoms with Crippen LogP contribution in [0.2, 0.25) is 0 Å². The van der Waals surface area contributed by atoms with Gasteiger partial charge in [-0.3, -0.25) is 9.79 Å². The van der Waals surface area contributed by atoms with Crippen LogP contribution in [-0.4, -0.2) is 47.7 Å². The SMILES string of the molecule is CN1CCN=C1c1ccccc1C(=O)C(=O)O. The van der Waals surface area contributed by atoms with E-state index in [4.69, 9.17) is 5.11 Å². The van der Waals surface area contributed by atoms with E-state index in [-0.39, 0.29) is 5.56 Å². The fourth-order valence-corrected chi connectivity index (χ4v) is 1.81. The maximum absolute atomic E-state index is 11.6. The number of rotatable bonds is 3. The van der Waals surface area contributed by atoms with Crippen LogP contribution in [0.5, 0.6) is 0 Å². The molecule has 1 aromatic rings. The highest BCUT2D eigenvalue weighted by atomic mass is 16.4. The maximum atomic E-state index is 11.6. The number of likely N-dealkylation sites (N-methyl/N-ethyl adjacent to an activating group) is 1. The predicted octanol–water partition coefficient (Wildman–Crippen LogP) is 0.646. The summed E-state index contributed by atoms with van der Waals surface area (Å²) in [5, 5.41) is 8.77. The highest BCUT2D eigenvalue weighted by Crippen LogP contribution is 2.15. The van der Waals surface area contributed by atoms with Crippen LogP contribution in [0.1, 0.15) is 15.9 Å². The van der Waals surface area contributed by atoms with Gasteiger partial charge in [0.2, 0.25) is 0 Å². The summed E-state index contributed by atoms with van der Waals surface area (Å²) in [5.74, 6) is -1.67. The van der Waals surface area contributed by atoms with Gasteiger partial charge >= 0.3 is 5.97 Å². The second-order valence-electron chi connectivity index (χ2n) is 3.81. The molecule has 0 saturated carbocycles. The molecule has 1 aliphatic rings. The van der Waals surface area contributed by atoms with Crippen LogP contribution in [0.3, 0.4) is 0 Å². The van der Waals surface area contributed by atoms with Crippen LogP contribution in [0, 0.1) is 0 Å². The third-order valence-corrected chi connectivity index (χ3v) is 2.67. The van der Waals surface area contributed by atoms with Crippen molar-refractivity contribution in [2.75, 3.05) is 20.1 Å². The number of carboxylic acid groups (broad SMARTS) is 1. The maximum Gasteiger partial charge on any atom is 0.377 e. The first-order chi connectivity index (χ1) is 8.11. The van der Waals surface area contributed by atoms with Gasteiger partial charge in [0.25, 0.3) is 5.78 Å². The van der Waals surface area contributed by atoms with E-state index in [9.17, 15) is 9.59 Å². The minimum absolute atomic E-state index is 0.188. The quantitative estimate of drug-likeness (QED) is 0.613. The summed E-state index contributed by atoms with van der Waals surface area (Å²) in [6.07, 6.45) is 0. The molecule has 5 nitrogen and oxygen atoms in total. The summed E-state index contributed by atoms with van der Waals surface area (Å²) in [4.78, 5) is 28.5. The molecule has 1 aromatic carbocycles. The van der Waals surface area contributed by atoms with Crippen LogP contribution >= 0.6 is 0 Å². The average Bonchev–Trinajstić information content (AvgIpc) is 2.74. The Morgan fingerprint density at radius 2 is 2.06 bits per heavy atom. The van der Waals surface area contributed by atoms with Gasteiger partial charge in [-0.2, -0.15) is 0 Å². The van der Waals surface area contributed by atoms with Crippen LogP contribution < -0.4 is 0 Å². The molecular formula is C12H12N2O3. The standard InChI is InChI=1S/C12H12N2O3/c1-14-7-6-13-11(14)9-5-3-2-4-8(9)10(15)12(16)17/h2-5H,6-7H2,1H3,(H,16,17). The minimum atomic E-state index is -1.45. The highest BCUT2D eigenvalue weighted by Gasteiger charge is 2.23.